The highest BCUT2D eigenvalue weighted by atomic mass is 31.0. The predicted molar refractivity (Wildman–Crippen MR) is 53.5 cm³/mol. The van der Waals surface area contributed by atoms with Crippen LogP contribution in [0.3, 0.4) is 0 Å². The molecule has 12 heavy (non-hydrogen) atoms. The highest BCUT2D eigenvalue weighted by Crippen LogP contribution is 2.05. The molecule has 0 bridgehead atoms. The second-order valence-corrected chi connectivity index (χ2v) is 3.12. The number of morpholine rings is 1. The third-order valence-corrected chi connectivity index (χ3v) is 2.16. The highest BCUT2D eigenvalue weighted by Gasteiger charge is 2.20. The summed E-state index contributed by atoms with van der Waals surface area (Å²) in [7, 11) is 2.53. The zero-order chi connectivity index (χ0) is 9.68. The van der Waals surface area contributed by atoms with Crippen molar-refractivity contribution in [1.29, 1.82) is 0 Å². The first-order chi connectivity index (χ1) is 6.26. The summed E-state index contributed by atoms with van der Waals surface area (Å²) in [5.74, 6) is 0. The monoisotopic (exact) mass is 190 g/mol. The number of rotatable bonds is 4. The maximum atomic E-state index is 7.54. The average molecular weight is 190 g/mol. The lowest BCUT2D eigenvalue weighted by Crippen LogP contribution is -2.48. The van der Waals surface area contributed by atoms with E-state index in [-0.39, 0.29) is 12.1 Å². The molecule has 5 heteroatoms. The summed E-state index contributed by atoms with van der Waals surface area (Å²) in [6.45, 7) is 6.43. The Kier molecular flexibility index (Phi) is 4.42. The van der Waals surface area contributed by atoms with Gasteiger partial charge in [0.1, 0.15) is 1.41 Å². The van der Waals surface area contributed by atoms with Gasteiger partial charge in [-0.15, -0.1) is 0 Å². The van der Waals surface area contributed by atoms with E-state index in [1.807, 2.05) is 13.9 Å². The molecule has 0 spiro atoms. The molecule has 69 valence electrons. The van der Waals surface area contributed by atoms with Gasteiger partial charge in [-0.05, 0) is 6.92 Å². The summed E-state index contributed by atoms with van der Waals surface area (Å²) in [5.41, 5.74) is 0. The summed E-state index contributed by atoms with van der Waals surface area (Å²) in [4.78, 5) is 0. The summed E-state index contributed by atoms with van der Waals surface area (Å²) < 4.78 is 18.4. The van der Waals surface area contributed by atoms with E-state index < -0.39 is 0 Å². The summed E-state index contributed by atoms with van der Waals surface area (Å²) in [6, 6.07) is 0.0432. The number of nitrogens with one attached hydrogen (secondary N) is 1. The van der Waals surface area contributed by atoms with E-state index in [0.29, 0.717) is 26.3 Å². The Bertz CT molecular complexity index is 154. The van der Waals surface area contributed by atoms with Gasteiger partial charge in [0.25, 0.3) is 0 Å². The topological polar surface area (TPSA) is 30.5 Å². The number of ether oxygens (including phenoxy) is 2. The molecule has 1 radical (unpaired) electrons. The molecule has 1 fully saturated rings. The Morgan fingerprint density at radius 2 is 2.67 bits per heavy atom. The van der Waals surface area contributed by atoms with Crippen LogP contribution in [-0.2, 0) is 9.47 Å². The van der Waals surface area contributed by atoms with Gasteiger partial charge in [-0.25, -0.2) is 0 Å². The molecule has 0 aromatic heterocycles. The first-order valence-corrected chi connectivity index (χ1v) is 4.95. The van der Waals surface area contributed by atoms with Gasteiger partial charge in [0.15, 0.2) is 7.00 Å². The number of hydrogen-bond donors (Lipinski definition) is 1. The maximum Gasteiger partial charge on any atom is 0.178 e. The van der Waals surface area contributed by atoms with E-state index in [4.69, 9.17) is 10.9 Å². The Balaban J connectivity index is 2.29. The fourth-order valence-corrected chi connectivity index (χ4v) is 1.34. The van der Waals surface area contributed by atoms with Crippen LogP contribution in [0.5, 0.6) is 0 Å². The highest BCUT2D eigenvalue weighted by molar-refractivity contribution is 7.56. The molecular formula is C7H16BNO2P. The molecule has 1 saturated heterocycles. The SMILES string of the molecule is [3H]N1CC([B]P)OC(COCC)C1. The van der Waals surface area contributed by atoms with Gasteiger partial charge in [0.05, 0.1) is 12.7 Å². The maximum absolute atomic E-state index is 7.54. The van der Waals surface area contributed by atoms with E-state index in [1.54, 1.807) is 0 Å². The predicted octanol–water partition coefficient (Wildman–Crippen LogP) is -0.168. The minimum atomic E-state index is 0.0352. The quantitative estimate of drug-likeness (QED) is 0.493. The summed E-state index contributed by atoms with van der Waals surface area (Å²) >= 11 is 0. The summed E-state index contributed by atoms with van der Waals surface area (Å²) in [5, 5.41) is 1.53. The van der Waals surface area contributed by atoms with E-state index in [2.05, 4.69) is 9.12 Å². The molecule has 3 nitrogen and oxygen atoms in total. The molecule has 3 atom stereocenters. The second kappa shape index (κ2) is 5.93. The Hall–Kier alpha value is 0.375. The van der Waals surface area contributed by atoms with E-state index >= 15 is 0 Å². The molecule has 0 amide bonds. The standard InChI is InChI=1S/C7H16BNO2P/c1-2-10-5-6-3-9-4-7(8-12)11-6/h6-7,9H,2-5,12H2,1H3/i/hT. The van der Waals surface area contributed by atoms with Gasteiger partial charge >= 0.3 is 0 Å². The van der Waals surface area contributed by atoms with Crippen LogP contribution in [0.2, 0.25) is 1.41 Å². The molecule has 0 aromatic rings. The fourth-order valence-electron chi connectivity index (χ4n) is 1.13. The molecule has 0 saturated carbocycles. The Morgan fingerprint density at radius 1 is 1.83 bits per heavy atom. The molecule has 1 heterocycles. The van der Waals surface area contributed by atoms with Crippen molar-refractivity contribution in [3.8, 4) is 0 Å². The van der Waals surface area contributed by atoms with Crippen LogP contribution in [0.25, 0.3) is 0 Å². The lowest BCUT2D eigenvalue weighted by atomic mass is 9.96. The van der Waals surface area contributed by atoms with Gasteiger partial charge in [-0.1, -0.05) is 0 Å². The molecule has 1 rings (SSSR count). The van der Waals surface area contributed by atoms with Crippen molar-refractivity contribution >= 4 is 16.1 Å². The van der Waals surface area contributed by atoms with E-state index in [0.717, 1.165) is 0 Å². The van der Waals surface area contributed by atoms with Gasteiger partial charge in [0, 0.05) is 25.7 Å². The van der Waals surface area contributed by atoms with E-state index in [9.17, 15) is 0 Å². The smallest absolute Gasteiger partial charge is 0.178 e. The Labute approximate surface area is 78.4 Å². The van der Waals surface area contributed by atoms with Crippen molar-refractivity contribution in [2.45, 2.75) is 19.0 Å². The van der Waals surface area contributed by atoms with Crippen LogP contribution in [-0.4, -0.2) is 45.4 Å². The van der Waals surface area contributed by atoms with Crippen molar-refractivity contribution in [2.75, 3.05) is 26.3 Å². The molecule has 3 unspecified atom stereocenters. The average Bonchev–Trinajstić information content (AvgIpc) is 2.14. The number of hydrogen-bond acceptors (Lipinski definition) is 3. The van der Waals surface area contributed by atoms with Crippen LogP contribution >= 0.6 is 9.12 Å². The van der Waals surface area contributed by atoms with Crippen molar-refractivity contribution in [1.82, 2.24) is 5.31 Å². The third kappa shape index (κ3) is 3.40. The van der Waals surface area contributed by atoms with Crippen LogP contribution in [0.1, 0.15) is 6.92 Å². The van der Waals surface area contributed by atoms with Crippen LogP contribution < -0.4 is 5.31 Å². The largest absolute Gasteiger partial charge is 0.379 e. The van der Waals surface area contributed by atoms with Crippen LogP contribution in [0.15, 0.2) is 0 Å². The molecule has 1 aliphatic heterocycles. The molecule has 0 aliphatic carbocycles. The summed E-state index contributed by atoms with van der Waals surface area (Å²) in [6.07, 6.45) is 0.0352. The molecule has 0 aromatic carbocycles. The Morgan fingerprint density at radius 3 is 3.33 bits per heavy atom. The van der Waals surface area contributed by atoms with Gasteiger partial charge in [0.2, 0.25) is 0 Å². The molecule has 1 N–H and O–H groups in total. The lowest BCUT2D eigenvalue weighted by Gasteiger charge is -2.29. The van der Waals surface area contributed by atoms with Crippen molar-refractivity contribution in [2.24, 2.45) is 0 Å². The minimum Gasteiger partial charge on any atom is -0.379 e. The zero-order valence-electron chi connectivity index (χ0n) is 8.40. The van der Waals surface area contributed by atoms with Crippen LogP contribution in [0, 0.1) is 0 Å². The van der Waals surface area contributed by atoms with Gasteiger partial charge < -0.3 is 14.8 Å². The van der Waals surface area contributed by atoms with Crippen molar-refractivity contribution in [3.63, 3.8) is 0 Å². The molecular weight excluding hydrogens is 172 g/mol. The molecule has 1 aliphatic rings. The third-order valence-electron chi connectivity index (χ3n) is 1.73. The van der Waals surface area contributed by atoms with Crippen LogP contribution in [0.4, 0.5) is 0 Å². The first kappa shape index (κ1) is 8.95. The normalized spacial score (nSPS) is 33.0. The van der Waals surface area contributed by atoms with Gasteiger partial charge in [-0.3, -0.25) is 0 Å². The second-order valence-electron chi connectivity index (χ2n) is 2.74. The van der Waals surface area contributed by atoms with Crippen molar-refractivity contribution in [3.05, 3.63) is 0 Å². The van der Waals surface area contributed by atoms with Gasteiger partial charge in [-0.2, -0.15) is 9.12 Å². The first-order valence-electron chi connectivity index (χ1n) is 4.73. The minimum absolute atomic E-state index is 0.0352. The van der Waals surface area contributed by atoms with Crippen molar-refractivity contribution < 1.29 is 10.9 Å². The van der Waals surface area contributed by atoms with E-state index in [1.165, 1.54) is 5.31 Å². The lowest BCUT2D eigenvalue weighted by molar-refractivity contribution is -0.0451. The zero-order valence-corrected chi connectivity index (χ0v) is 8.56. The fraction of sp³-hybridized carbons (Fsp3) is 1.00.